The van der Waals surface area contributed by atoms with E-state index in [1.54, 1.807) is 7.11 Å². The van der Waals surface area contributed by atoms with Crippen molar-refractivity contribution < 1.29 is 14.3 Å². The standard InChI is InChI=1S/C23H29N5O3S/c1-27(2)14-15-31-20-8-4-17(5-9-20)16-24-21(29)12-13-28-22(25-26-23(28)32)18-6-10-19(30-3)11-7-18/h4-11H,12-16H2,1-3H3,(H,24,29)(H,26,32). The Balaban J connectivity index is 1.50. The van der Waals surface area contributed by atoms with Gasteiger partial charge < -0.3 is 19.7 Å². The van der Waals surface area contributed by atoms with E-state index in [1.165, 1.54) is 0 Å². The fraction of sp³-hybridized carbons (Fsp3) is 0.348. The molecule has 2 N–H and O–H groups in total. The van der Waals surface area contributed by atoms with Crippen molar-refractivity contribution in [1.82, 2.24) is 25.0 Å². The molecule has 3 rings (SSSR count). The molecule has 0 bridgehead atoms. The summed E-state index contributed by atoms with van der Waals surface area (Å²) in [5, 5.41) is 10.1. The molecule has 0 atom stereocenters. The van der Waals surface area contributed by atoms with Crippen LogP contribution in [0.5, 0.6) is 11.5 Å². The molecule has 0 aliphatic rings. The van der Waals surface area contributed by atoms with Gasteiger partial charge in [0.1, 0.15) is 18.1 Å². The summed E-state index contributed by atoms with van der Waals surface area (Å²) in [6, 6.07) is 15.3. The molecule has 2 aromatic carbocycles. The summed E-state index contributed by atoms with van der Waals surface area (Å²) >= 11 is 5.35. The molecule has 0 saturated heterocycles. The van der Waals surface area contributed by atoms with Gasteiger partial charge in [-0.2, -0.15) is 5.10 Å². The van der Waals surface area contributed by atoms with E-state index in [-0.39, 0.29) is 5.91 Å². The van der Waals surface area contributed by atoms with Gasteiger partial charge in [-0.05, 0) is 68.3 Å². The van der Waals surface area contributed by atoms with E-state index in [2.05, 4.69) is 20.4 Å². The van der Waals surface area contributed by atoms with Gasteiger partial charge in [-0.3, -0.25) is 14.5 Å². The lowest BCUT2D eigenvalue weighted by atomic mass is 10.2. The van der Waals surface area contributed by atoms with Gasteiger partial charge in [0.2, 0.25) is 5.91 Å². The number of aromatic amines is 1. The SMILES string of the molecule is COc1ccc(-c2n[nH]c(=S)n2CCC(=O)NCc2ccc(OCCN(C)C)cc2)cc1. The number of likely N-dealkylation sites (N-methyl/N-ethyl adjacent to an activating group) is 1. The molecule has 0 radical (unpaired) electrons. The van der Waals surface area contributed by atoms with Crippen LogP contribution in [0, 0.1) is 4.77 Å². The molecule has 1 aromatic heterocycles. The summed E-state index contributed by atoms with van der Waals surface area (Å²) in [6.45, 7) is 2.39. The molecule has 0 aliphatic carbocycles. The molecule has 0 saturated carbocycles. The predicted octanol–water partition coefficient (Wildman–Crippen LogP) is 3.26. The zero-order chi connectivity index (χ0) is 22.9. The topological polar surface area (TPSA) is 84.4 Å². The van der Waals surface area contributed by atoms with E-state index >= 15 is 0 Å². The van der Waals surface area contributed by atoms with Gasteiger partial charge in [-0.15, -0.1) is 0 Å². The van der Waals surface area contributed by atoms with Gasteiger partial charge >= 0.3 is 0 Å². The minimum absolute atomic E-state index is 0.0555. The highest BCUT2D eigenvalue weighted by Gasteiger charge is 2.11. The number of nitrogens with one attached hydrogen (secondary N) is 2. The Hall–Kier alpha value is -3.17. The van der Waals surface area contributed by atoms with Gasteiger partial charge in [-0.1, -0.05) is 12.1 Å². The highest BCUT2D eigenvalue weighted by molar-refractivity contribution is 7.71. The lowest BCUT2D eigenvalue weighted by Gasteiger charge is -2.11. The molecule has 0 fully saturated rings. The van der Waals surface area contributed by atoms with Crippen molar-refractivity contribution in [2.75, 3.05) is 34.4 Å². The number of methoxy groups -OCH3 is 1. The Morgan fingerprint density at radius 1 is 1.12 bits per heavy atom. The second-order valence-corrected chi connectivity index (χ2v) is 7.94. The van der Waals surface area contributed by atoms with Gasteiger partial charge in [0.25, 0.3) is 0 Å². The molecule has 170 valence electrons. The second-order valence-electron chi connectivity index (χ2n) is 7.55. The van der Waals surface area contributed by atoms with E-state index in [0.717, 1.165) is 29.2 Å². The average Bonchev–Trinajstić information content (AvgIpc) is 3.17. The number of amides is 1. The van der Waals surface area contributed by atoms with Crippen molar-refractivity contribution in [3.05, 3.63) is 58.9 Å². The maximum absolute atomic E-state index is 12.4. The number of hydrogen-bond donors (Lipinski definition) is 2. The summed E-state index contributed by atoms with van der Waals surface area (Å²) in [5.74, 6) is 2.22. The van der Waals surface area contributed by atoms with Crippen LogP contribution in [0.2, 0.25) is 0 Å². The fourth-order valence-electron chi connectivity index (χ4n) is 3.04. The van der Waals surface area contributed by atoms with Gasteiger partial charge in [0.05, 0.1) is 7.11 Å². The third kappa shape index (κ3) is 6.66. The molecule has 32 heavy (non-hydrogen) atoms. The van der Waals surface area contributed by atoms with Crippen LogP contribution in [0.1, 0.15) is 12.0 Å². The first-order valence-electron chi connectivity index (χ1n) is 10.4. The van der Waals surface area contributed by atoms with Crippen LogP contribution in [0.3, 0.4) is 0 Å². The number of carbonyl (C=O) groups is 1. The van der Waals surface area contributed by atoms with E-state index in [9.17, 15) is 4.79 Å². The van der Waals surface area contributed by atoms with E-state index in [4.69, 9.17) is 21.7 Å². The summed E-state index contributed by atoms with van der Waals surface area (Å²) in [4.78, 5) is 14.5. The molecule has 0 unspecified atom stereocenters. The molecular formula is C23H29N5O3S. The number of aromatic nitrogens is 3. The Morgan fingerprint density at radius 3 is 2.47 bits per heavy atom. The van der Waals surface area contributed by atoms with E-state index in [0.29, 0.717) is 36.7 Å². The number of hydrogen-bond acceptors (Lipinski definition) is 6. The fourth-order valence-corrected chi connectivity index (χ4v) is 3.26. The van der Waals surface area contributed by atoms with Crippen molar-refractivity contribution in [2.45, 2.75) is 19.5 Å². The predicted molar refractivity (Wildman–Crippen MR) is 126 cm³/mol. The molecule has 0 aliphatic heterocycles. The van der Waals surface area contributed by atoms with Crippen LogP contribution < -0.4 is 14.8 Å². The van der Waals surface area contributed by atoms with Crippen LogP contribution >= 0.6 is 12.2 Å². The molecule has 9 heteroatoms. The number of benzene rings is 2. The van der Waals surface area contributed by atoms with Crippen LogP contribution in [-0.2, 0) is 17.9 Å². The van der Waals surface area contributed by atoms with Crippen molar-refractivity contribution in [1.29, 1.82) is 0 Å². The molecule has 8 nitrogen and oxygen atoms in total. The largest absolute Gasteiger partial charge is 0.497 e. The summed E-state index contributed by atoms with van der Waals surface area (Å²) < 4.78 is 13.2. The minimum Gasteiger partial charge on any atom is -0.497 e. The third-order valence-corrected chi connectivity index (χ3v) is 5.20. The summed E-state index contributed by atoms with van der Waals surface area (Å²) in [6.07, 6.45) is 0.294. The first-order valence-corrected chi connectivity index (χ1v) is 10.8. The van der Waals surface area contributed by atoms with E-state index in [1.807, 2.05) is 67.2 Å². The van der Waals surface area contributed by atoms with Crippen molar-refractivity contribution in [3.63, 3.8) is 0 Å². The highest BCUT2D eigenvalue weighted by atomic mass is 32.1. The lowest BCUT2D eigenvalue weighted by molar-refractivity contribution is -0.121. The number of nitrogens with zero attached hydrogens (tertiary/aromatic N) is 3. The third-order valence-electron chi connectivity index (χ3n) is 4.89. The first-order chi connectivity index (χ1) is 15.5. The van der Waals surface area contributed by atoms with Gasteiger partial charge in [-0.25, -0.2) is 0 Å². The Morgan fingerprint density at radius 2 is 1.81 bits per heavy atom. The number of carbonyl (C=O) groups excluding carboxylic acids is 1. The number of rotatable bonds is 11. The summed E-state index contributed by atoms with van der Waals surface area (Å²) in [5.41, 5.74) is 1.91. The number of ether oxygens (including phenoxy) is 2. The molecule has 1 heterocycles. The highest BCUT2D eigenvalue weighted by Crippen LogP contribution is 2.21. The minimum atomic E-state index is -0.0555. The molecule has 1 amide bonds. The maximum atomic E-state index is 12.4. The van der Waals surface area contributed by atoms with Crippen molar-refractivity contribution in [3.8, 4) is 22.9 Å². The summed E-state index contributed by atoms with van der Waals surface area (Å²) in [7, 11) is 5.64. The monoisotopic (exact) mass is 455 g/mol. The molecule has 0 spiro atoms. The smallest absolute Gasteiger partial charge is 0.222 e. The zero-order valence-electron chi connectivity index (χ0n) is 18.6. The van der Waals surface area contributed by atoms with Gasteiger partial charge in [0, 0.05) is 31.6 Å². The Kier molecular flexibility index (Phi) is 8.41. The van der Waals surface area contributed by atoms with Crippen LogP contribution in [-0.4, -0.2) is 59.9 Å². The Bertz CT molecular complexity index is 1060. The van der Waals surface area contributed by atoms with Crippen LogP contribution in [0.15, 0.2) is 48.5 Å². The Labute approximate surface area is 193 Å². The van der Waals surface area contributed by atoms with Crippen LogP contribution in [0.25, 0.3) is 11.4 Å². The van der Waals surface area contributed by atoms with Gasteiger partial charge in [0.15, 0.2) is 10.6 Å². The molecular weight excluding hydrogens is 426 g/mol. The quantitative estimate of drug-likeness (QED) is 0.432. The lowest BCUT2D eigenvalue weighted by Crippen LogP contribution is -2.24. The second kappa shape index (κ2) is 11.4. The molecule has 3 aromatic rings. The van der Waals surface area contributed by atoms with Crippen molar-refractivity contribution in [2.24, 2.45) is 0 Å². The average molecular weight is 456 g/mol. The number of H-pyrrole nitrogens is 1. The maximum Gasteiger partial charge on any atom is 0.222 e. The van der Waals surface area contributed by atoms with Crippen molar-refractivity contribution >= 4 is 18.1 Å². The zero-order valence-corrected chi connectivity index (χ0v) is 19.4. The normalized spacial score (nSPS) is 10.9. The first kappa shape index (κ1) is 23.5. The van der Waals surface area contributed by atoms with E-state index < -0.39 is 0 Å². The van der Waals surface area contributed by atoms with Crippen LogP contribution in [0.4, 0.5) is 0 Å².